The number of aromatic nitrogens is 6. The van der Waals surface area contributed by atoms with Gasteiger partial charge in [-0.2, -0.15) is 9.29 Å². The second-order valence-corrected chi connectivity index (χ2v) is 7.73. The van der Waals surface area contributed by atoms with Gasteiger partial charge in [-0.1, -0.05) is 11.2 Å². The third-order valence-corrected chi connectivity index (χ3v) is 5.37. The lowest BCUT2D eigenvalue weighted by molar-refractivity contribution is 0.360. The molecule has 0 bridgehead atoms. The first-order chi connectivity index (χ1) is 12.0. The fourth-order valence-electron chi connectivity index (χ4n) is 2.94. The molecular weight excluding hydrogens is 346 g/mol. The standard InChI is InChI=1S/C14H15N7O3S/c1-25(22,23)21-7-3-6-12(21)13-16-14(24-17-13)10-4-2-5-11(8-10)20-9-15-18-19-20/h2,4-5,8-9,12H,3,6-7H2,1H3. The predicted molar refractivity (Wildman–Crippen MR) is 86.0 cm³/mol. The van der Waals surface area contributed by atoms with Gasteiger partial charge in [-0.25, -0.2) is 13.1 Å². The van der Waals surface area contributed by atoms with E-state index in [4.69, 9.17) is 4.52 Å². The van der Waals surface area contributed by atoms with E-state index in [1.807, 2.05) is 24.3 Å². The SMILES string of the molecule is CS(=O)(=O)N1CCCC1c1noc(-c2cccc(-n3cnnn3)c2)n1. The summed E-state index contributed by atoms with van der Waals surface area (Å²) in [4.78, 5) is 4.40. The molecule has 0 aliphatic carbocycles. The lowest BCUT2D eigenvalue weighted by Crippen LogP contribution is -2.30. The van der Waals surface area contributed by atoms with Crippen LogP contribution in [0.4, 0.5) is 0 Å². The summed E-state index contributed by atoms with van der Waals surface area (Å²) in [6.07, 6.45) is 4.13. The van der Waals surface area contributed by atoms with Crippen LogP contribution < -0.4 is 0 Å². The minimum atomic E-state index is -3.31. The van der Waals surface area contributed by atoms with Gasteiger partial charge in [0.1, 0.15) is 6.33 Å². The van der Waals surface area contributed by atoms with Gasteiger partial charge in [0, 0.05) is 12.1 Å². The Morgan fingerprint density at radius 3 is 2.96 bits per heavy atom. The zero-order chi connectivity index (χ0) is 17.4. The van der Waals surface area contributed by atoms with Crippen LogP contribution in [-0.4, -0.2) is 55.9 Å². The molecule has 2 aromatic heterocycles. The molecule has 1 aliphatic heterocycles. The molecule has 1 saturated heterocycles. The molecule has 0 N–H and O–H groups in total. The molecule has 130 valence electrons. The number of hydrogen-bond donors (Lipinski definition) is 0. The number of benzene rings is 1. The number of nitrogens with zero attached hydrogens (tertiary/aromatic N) is 7. The topological polar surface area (TPSA) is 120 Å². The quantitative estimate of drug-likeness (QED) is 0.669. The number of sulfonamides is 1. The van der Waals surface area contributed by atoms with Crippen molar-refractivity contribution in [3.63, 3.8) is 0 Å². The zero-order valence-corrected chi connectivity index (χ0v) is 14.2. The van der Waals surface area contributed by atoms with E-state index in [9.17, 15) is 8.42 Å². The molecule has 1 atom stereocenters. The molecule has 0 saturated carbocycles. The van der Waals surface area contributed by atoms with E-state index in [-0.39, 0.29) is 6.04 Å². The molecule has 3 aromatic rings. The second kappa shape index (κ2) is 6.01. The maximum Gasteiger partial charge on any atom is 0.258 e. The molecule has 0 radical (unpaired) electrons. The van der Waals surface area contributed by atoms with Crippen LogP contribution >= 0.6 is 0 Å². The highest BCUT2D eigenvalue weighted by molar-refractivity contribution is 7.88. The van der Waals surface area contributed by atoms with E-state index in [1.54, 1.807) is 0 Å². The number of hydrogen-bond acceptors (Lipinski definition) is 8. The summed E-state index contributed by atoms with van der Waals surface area (Å²) < 4.78 is 32.1. The van der Waals surface area contributed by atoms with Crippen LogP contribution in [-0.2, 0) is 10.0 Å². The van der Waals surface area contributed by atoms with Crippen LogP contribution in [0.5, 0.6) is 0 Å². The molecule has 3 heterocycles. The fraction of sp³-hybridized carbons (Fsp3) is 0.357. The molecule has 11 heteroatoms. The Balaban J connectivity index is 1.65. The van der Waals surface area contributed by atoms with Crippen molar-refractivity contribution >= 4 is 10.0 Å². The summed E-state index contributed by atoms with van der Waals surface area (Å²) in [5.74, 6) is 0.705. The molecule has 1 fully saturated rings. The Morgan fingerprint density at radius 1 is 1.32 bits per heavy atom. The summed E-state index contributed by atoms with van der Waals surface area (Å²) in [6, 6.07) is 6.94. The van der Waals surface area contributed by atoms with Crippen LogP contribution in [0.1, 0.15) is 24.7 Å². The van der Waals surface area contributed by atoms with Crippen LogP contribution in [0.15, 0.2) is 35.1 Å². The van der Waals surface area contributed by atoms with Crippen LogP contribution in [0.25, 0.3) is 17.1 Å². The Morgan fingerprint density at radius 2 is 2.20 bits per heavy atom. The molecule has 1 unspecified atom stereocenters. The lowest BCUT2D eigenvalue weighted by atomic mass is 10.2. The summed E-state index contributed by atoms with van der Waals surface area (Å²) in [5, 5.41) is 15.0. The van der Waals surface area contributed by atoms with Crippen molar-refractivity contribution in [2.75, 3.05) is 12.8 Å². The van der Waals surface area contributed by atoms with E-state index in [0.29, 0.717) is 30.2 Å². The first-order valence-electron chi connectivity index (χ1n) is 7.66. The molecule has 4 rings (SSSR count). The van der Waals surface area contributed by atoms with Crippen LogP contribution in [0, 0.1) is 0 Å². The minimum Gasteiger partial charge on any atom is -0.334 e. The molecule has 1 aliphatic rings. The van der Waals surface area contributed by atoms with Gasteiger partial charge in [-0.3, -0.25) is 0 Å². The van der Waals surface area contributed by atoms with Gasteiger partial charge >= 0.3 is 0 Å². The van der Waals surface area contributed by atoms with E-state index in [0.717, 1.165) is 12.1 Å². The van der Waals surface area contributed by atoms with Crippen LogP contribution in [0.3, 0.4) is 0 Å². The average Bonchev–Trinajstić information content (AvgIpc) is 3.33. The summed E-state index contributed by atoms with van der Waals surface area (Å²) in [5.41, 5.74) is 1.46. The Labute approximate surface area is 143 Å². The molecule has 0 spiro atoms. The maximum atomic E-state index is 11.9. The summed E-state index contributed by atoms with van der Waals surface area (Å²) in [6.45, 7) is 0.474. The normalized spacial score (nSPS) is 18.7. The zero-order valence-electron chi connectivity index (χ0n) is 13.3. The Hall–Kier alpha value is -2.66. The number of tetrazole rings is 1. The predicted octanol–water partition coefficient (Wildman–Crippen LogP) is 0.809. The van der Waals surface area contributed by atoms with E-state index < -0.39 is 10.0 Å². The third kappa shape index (κ3) is 3.03. The Kier molecular flexibility index (Phi) is 3.81. The van der Waals surface area contributed by atoms with Gasteiger partial charge in [0.2, 0.25) is 10.0 Å². The van der Waals surface area contributed by atoms with Crippen molar-refractivity contribution in [2.24, 2.45) is 0 Å². The van der Waals surface area contributed by atoms with Gasteiger partial charge in [-0.05, 0) is 41.5 Å². The highest BCUT2D eigenvalue weighted by Gasteiger charge is 2.35. The van der Waals surface area contributed by atoms with Crippen molar-refractivity contribution in [1.82, 2.24) is 34.7 Å². The third-order valence-electron chi connectivity index (χ3n) is 4.08. The second-order valence-electron chi connectivity index (χ2n) is 5.79. The molecule has 0 amide bonds. The van der Waals surface area contributed by atoms with Gasteiger partial charge in [0.05, 0.1) is 18.0 Å². The molecule has 25 heavy (non-hydrogen) atoms. The molecule has 10 nitrogen and oxygen atoms in total. The molecular formula is C14H15N7O3S. The van der Waals surface area contributed by atoms with Crippen molar-refractivity contribution in [3.05, 3.63) is 36.4 Å². The average molecular weight is 361 g/mol. The summed E-state index contributed by atoms with van der Waals surface area (Å²) in [7, 11) is -3.31. The van der Waals surface area contributed by atoms with Gasteiger partial charge in [-0.15, -0.1) is 5.10 Å². The highest BCUT2D eigenvalue weighted by Crippen LogP contribution is 2.33. The van der Waals surface area contributed by atoms with Crippen molar-refractivity contribution in [1.29, 1.82) is 0 Å². The first kappa shape index (κ1) is 15.8. The first-order valence-corrected chi connectivity index (χ1v) is 9.51. The fourth-order valence-corrected chi connectivity index (χ4v) is 4.07. The van der Waals surface area contributed by atoms with Gasteiger partial charge < -0.3 is 4.52 Å². The monoisotopic (exact) mass is 361 g/mol. The summed E-state index contributed by atoms with van der Waals surface area (Å²) >= 11 is 0. The number of rotatable bonds is 4. The Bertz CT molecular complexity index is 984. The van der Waals surface area contributed by atoms with E-state index >= 15 is 0 Å². The van der Waals surface area contributed by atoms with Crippen molar-refractivity contribution < 1.29 is 12.9 Å². The minimum absolute atomic E-state index is 0.324. The van der Waals surface area contributed by atoms with Gasteiger partial charge in [0.15, 0.2) is 5.82 Å². The smallest absolute Gasteiger partial charge is 0.258 e. The van der Waals surface area contributed by atoms with Crippen LogP contribution in [0.2, 0.25) is 0 Å². The maximum absolute atomic E-state index is 11.9. The van der Waals surface area contributed by atoms with Crippen molar-refractivity contribution in [2.45, 2.75) is 18.9 Å². The van der Waals surface area contributed by atoms with E-state index in [1.165, 1.54) is 21.6 Å². The molecule has 1 aromatic carbocycles. The largest absolute Gasteiger partial charge is 0.334 e. The highest BCUT2D eigenvalue weighted by atomic mass is 32.2. The van der Waals surface area contributed by atoms with E-state index in [2.05, 4.69) is 25.7 Å². The lowest BCUT2D eigenvalue weighted by Gasteiger charge is -2.18. The van der Waals surface area contributed by atoms with Gasteiger partial charge in [0.25, 0.3) is 5.89 Å². The van der Waals surface area contributed by atoms with Crippen molar-refractivity contribution in [3.8, 4) is 17.1 Å².